The summed E-state index contributed by atoms with van der Waals surface area (Å²) in [6.45, 7) is 1.57. The van der Waals surface area contributed by atoms with E-state index in [-0.39, 0.29) is 11.6 Å². The van der Waals surface area contributed by atoms with Crippen molar-refractivity contribution in [3.8, 4) is 0 Å². The summed E-state index contributed by atoms with van der Waals surface area (Å²) >= 11 is 5.77. The number of fused-ring (bicyclic) bond motifs is 1. The number of aromatic nitrogens is 1. The zero-order chi connectivity index (χ0) is 18.5. The second kappa shape index (κ2) is 8.36. The summed E-state index contributed by atoms with van der Waals surface area (Å²) in [5.74, 6) is 0.551. The Bertz CT molecular complexity index is 786. The van der Waals surface area contributed by atoms with Crippen LogP contribution in [0.4, 0.5) is 11.4 Å². The summed E-state index contributed by atoms with van der Waals surface area (Å²) < 4.78 is 2.23. The van der Waals surface area contributed by atoms with Crippen molar-refractivity contribution in [3.63, 3.8) is 0 Å². The number of unbranched alkanes of at least 4 members (excludes halogenated alkanes) is 1. The largest absolute Gasteiger partial charge is 0.350 e. The average Bonchev–Trinajstić information content (AvgIpc) is 2.92. The summed E-state index contributed by atoms with van der Waals surface area (Å²) in [5, 5.41) is 10.8. The van der Waals surface area contributed by atoms with Crippen molar-refractivity contribution in [1.29, 1.82) is 0 Å². The molecule has 1 aromatic carbocycles. The number of nitro benzene ring substituents is 1. The van der Waals surface area contributed by atoms with Crippen LogP contribution in [0.1, 0.15) is 41.7 Å². The van der Waals surface area contributed by atoms with E-state index < -0.39 is 4.92 Å². The third kappa shape index (κ3) is 3.90. The highest BCUT2D eigenvalue weighted by Crippen LogP contribution is 2.29. The van der Waals surface area contributed by atoms with Crippen molar-refractivity contribution < 1.29 is 9.72 Å². The van der Waals surface area contributed by atoms with E-state index >= 15 is 0 Å². The van der Waals surface area contributed by atoms with E-state index in [0.29, 0.717) is 18.0 Å². The number of hydrogen-bond acceptors (Lipinski definition) is 3. The lowest BCUT2D eigenvalue weighted by atomic mass is 10.1. The van der Waals surface area contributed by atoms with Crippen molar-refractivity contribution >= 4 is 28.9 Å². The topological polar surface area (TPSA) is 68.4 Å². The zero-order valence-corrected chi connectivity index (χ0v) is 15.3. The van der Waals surface area contributed by atoms with Gasteiger partial charge in [-0.1, -0.05) is 0 Å². The summed E-state index contributed by atoms with van der Waals surface area (Å²) in [4.78, 5) is 25.1. The third-order valence-electron chi connectivity index (χ3n) is 4.74. The fourth-order valence-electron chi connectivity index (χ4n) is 3.37. The normalized spacial score (nSPS) is 14.0. The Balaban J connectivity index is 1.84. The summed E-state index contributed by atoms with van der Waals surface area (Å²) in [7, 11) is 0. The fraction of sp³-hybridized carbons (Fsp3) is 0.421. The van der Waals surface area contributed by atoms with Crippen LogP contribution < -0.4 is 4.90 Å². The lowest BCUT2D eigenvalue weighted by Crippen LogP contribution is -2.31. The quantitative estimate of drug-likeness (QED) is 0.325. The van der Waals surface area contributed by atoms with Crippen molar-refractivity contribution in [2.75, 3.05) is 17.3 Å². The number of anilines is 1. The number of carbonyl (C=O) groups excluding carboxylic acids is 1. The van der Waals surface area contributed by atoms with E-state index in [1.807, 2.05) is 17.2 Å². The van der Waals surface area contributed by atoms with E-state index in [1.54, 1.807) is 0 Å². The molecule has 0 N–H and O–H groups in total. The maximum absolute atomic E-state index is 13.0. The molecule has 7 heteroatoms. The number of nitrogens with zero attached hydrogens (tertiary/aromatic N) is 3. The molecule has 0 fully saturated rings. The highest BCUT2D eigenvalue weighted by atomic mass is 35.5. The Morgan fingerprint density at radius 2 is 1.92 bits per heavy atom. The summed E-state index contributed by atoms with van der Waals surface area (Å²) in [5.41, 5.74) is 2.60. The molecule has 138 valence electrons. The maximum atomic E-state index is 13.0. The highest BCUT2D eigenvalue weighted by molar-refractivity contribution is 6.17. The minimum atomic E-state index is -0.459. The molecule has 1 amide bonds. The van der Waals surface area contributed by atoms with Gasteiger partial charge in [0.05, 0.1) is 10.6 Å². The van der Waals surface area contributed by atoms with Crippen LogP contribution in [0.5, 0.6) is 0 Å². The standard InChI is InChI=1S/C19H22ClN3O3/c20-11-2-4-12-21-14-10-18-17(21)5-1-3-13-22(18)19(24)15-6-8-16(9-7-15)23(25)26/h6-10,14H,1-5,11-13H2. The Labute approximate surface area is 157 Å². The van der Waals surface area contributed by atoms with Gasteiger partial charge < -0.3 is 9.47 Å². The summed E-state index contributed by atoms with van der Waals surface area (Å²) in [6.07, 6.45) is 6.96. The number of carbonyl (C=O) groups is 1. The molecule has 6 nitrogen and oxygen atoms in total. The minimum absolute atomic E-state index is 0.0106. The van der Waals surface area contributed by atoms with Gasteiger partial charge >= 0.3 is 0 Å². The van der Waals surface area contributed by atoms with E-state index in [9.17, 15) is 14.9 Å². The van der Waals surface area contributed by atoms with Crippen molar-refractivity contribution in [2.24, 2.45) is 0 Å². The third-order valence-corrected chi connectivity index (χ3v) is 5.01. The number of non-ortho nitro benzene ring substituents is 1. The Kier molecular flexibility index (Phi) is 5.93. The van der Waals surface area contributed by atoms with Gasteiger partial charge in [0.1, 0.15) is 0 Å². The minimum Gasteiger partial charge on any atom is -0.350 e. The summed E-state index contributed by atoms with van der Waals surface area (Å²) in [6, 6.07) is 7.82. The molecule has 0 spiro atoms. The maximum Gasteiger partial charge on any atom is 0.269 e. The Hall–Kier alpha value is -2.34. The molecule has 1 aliphatic heterocycles. The van der Waals surface area contributed by atoms with Gasteiger partial charge in [0.25, 0.3) is 11.6 Å². The van der Waals surface area contributed by atoms with E-state index in [4.69, 9.17) is 11.6 Å². The molecule has 0 saturated carbocycles. The predicted octanol–water partition coefficient (Wildman–Crippen LogP) is 4.40. The second-order valence-corrected chi connectivity index (χ2v) is 6.83. The van der Waals surface area contributed by atoms with Gasteiger partial charge in [-0.3, -0.25) is 14.9 Å². The van der Waals surface area contributed by atoms with E-state index in [1.165, 1.54) is 30.0 Å². The molecule has 0 saturated heterocycles. The molecule has 2 heterocycles. The Morgan fingerprint density at radius 1 is 1.15 bits per heavy atom. The molecule has 0 atom stereocenters. The van der Waals surface area contributed by atoms with Gasteiger partial charge in [-0.2, -0.15) is 0 Å². The number of hydrogen-bond donors (Lipinski definition) is 0. The molecule has 26 heavy (non-hydrogen) atoms. The predicted molar refractivity (Wildman–Crippen MR) is 102 cm³/mol. The molecule has 0 radical (unpaired) electrons. The van der Waals surface area contributed by atoms with Crippen LogP contribution in [-0.4, -0.2) is 27.8 Å². The van der Waals surface area contributed by atoms with Gasteiger partial charge in [0.15, 0.2) is 0 Å². The average molecular weight is 376 g/mol. The molecular formula is C19H22ClN3O3. The van der Waals surface area contributed by atoms with Crippen LogP contribution in [0, 0.1) is 10.1 Å². The van der Waals surface area contributed by atoms with E-state index in [0.717, 1.165) is 44.3 Å². The number of aryl methyl sites for hydroxylation is 1. The second-order valence-electron chi connectivity index (χ2n) is 6.46. The molecule has 0 bridgehead atoms. The van der Waals surface area contributed by atoms with Crippen molar-refractivity contribution in [1.82, 2.24) is 4.57 Å². The van der Waals surface area contributed by atoms with Gasteiger partial charge in [-0.25, -0.2) is 0 Å². The highest BCUT2D eigenvalue weighted by Gasteiger charge is 2.25. The molecule has 2 aromatic rings. The van der Waals surface area contributed by atoms with Crippen LogP contribution in [0.3, 0.4) is 0 Å². The van der Waals surface area contributed by atoms with Crippen molar-refractivity contribution in [2.45, 2.75) is 38.6 Å². The molecule has 0 aliphatic carbocycles. The number of halogens is 1. The first-order valence-electron chi connectivity index (χ1n) is 8.92. The zero-order valence-electron chi connectivity index (χ0n) is 14.6. The fourth-order valence-corrected chi connectivity index (χ4v) is 3.56. The molecule has 1 aliphatic rings. The van der Waals surface area contributed by atoms with Crippen molar-refractivity contribution in [3.05, 3.63) is 57.9 Å². The van der Waals surface area contributed by atoms with Crippen LogP contribution in [0.2, 0.25) is 0 Å². The number of nitro groups is 1. The molecule has 0 unspecified atom stereocenters. The van der Waals surface area contributed by atoms with Gasteiger partial charge in [0, 0.05) is 48.6 Å². The number of rotatable bonds is 6. The van der Waals surface area contributed by atoms with Crippen LogP contribution in [-0.2, 0) is 13.0 Å². The van der Waals surface area contributed by atoms with Gasteiger partial charge in [-0.15, -0.1) is 11.6 Å². The number of alkyl halides is 1. The van der Waals surface area contributed by atoms with Crippen LogP contribution in [0.25, 0.3) is 0 Å². The molecule has 1 aromatic heterocycles. The molecular weight excluding hydrogens is 354 g/mol. The lowest BCUT2D eigenvalue weighted by Gasteiger charge is -2.21. The lowest BCUT2D eigenvalue weighted by molar-refractivity contribution is -0.384. The number of amides is 1. The van der Waals surface area contributed by atoms with Gasteiger partial charge in [0.2, 0.25) is 0 Å². The van der Waals surface area contributed by atoms with Crippen LogP contribution >= 0.6 is 11.6 Å². The molecule has 3 rings (SSSR count). The first-order chi connectivity index (χ1) is 12.6. The Morgan fingerprint density at radius 3 is 2.62 bits per heavy atom. The monoisotopic (exact) mass is 375 g/mol. The van der Waals surface area contributed by atoms with Gasteiger partial charge in [-0.05, 0) is 50.3 Å². The van der Waals surface area contributed by atoms with Crippen LogP contribution in [0.15, 0.2) is 36.5 Å². The first-order valence-corrected chi connectivity index (χ1v) is 9.45. The number of benzene rings is 1. The SMILES string of the molecule is O=C(c1ccc([N+](=O)[O-])cc1)N1CCCCc2c1ccn2CCCCCl. The first kappa shape index (κ1) is 18.5. The smallest absolute Gasteiger partial charge is 0.269 e. The van der Waals surface area contributed by atoms with E-state index in [2.05, 4.69) is 4.57 Å².